The Hall–Kier alpha value is -2.49. The molecule has 0 bridgehead atoms. The number of alkyl halides is 2. The summed E-state index contributed by atoms with van der Waals surface area (Å²) < 4.78 is 27.0. The minimum absolute atomic E-state index is 0.0456. The zero-order chi connectivity index (χ0) is 14.8. The predicted octanol–water partition coefficient (Wildman–Crippen LogP) is 1.27. The lowest BCUT2D eigenvalue weighted by molar-refractivity contribution is 0.150. The summed E-state index contributed by atoms with van der Waals surface area (Å²) in [5.74, 6) is 0. The SMILES string of the molecule is O=c1n(Cc2nnc(C(F)F)s2)nnn1-c1ccccc1. The van der Waals surface area contributed by atoms with Crippen LogP contribution in [0.15, 0.2) is 35.1 Å². The topological polar surface area (TPSA) is 78.5 Å². The Kier molecular flexibility index (Phi) is 3.52. The highest BCUT2D eigenvalue weighted by Gasteiger charge is 2.16. The molecule has 0 unspecified atom stereocenters. The van der Waals surface area contributed by atoms with Crippen molar-refractivity contribution >= 4 is 11.3 Å². The van der Waals surface area contributed by atoms with Gasteiger partial charge in [0, 0.05) is 0 Å². The summed E-state index contributed by atoms with van der Waals surface area (Å²) in [5.41, 5.74) is 0.0919. The van der Waals surface area contributed by atoms with Crippen LogP contribution in [0.5, 0.6) is 0 Å². The van der Waals surface area contributed by atoms with E-state index >= 15 is 0 Å². The maximum atomic E-state index is 12.4. The van der Waals surface area contributed by atoms with E-state index in [-0.39, 0.29) is 16.6 Å². The van der Waals surface area contributed by atoms with Gasteiger partial charge in [-0.2, -0.15) is 9.36 Å². The lowest BCUT2D eigenvalue weighted by atomic mass is 10.3. The van der Waals surface area contributed by atoms with Gasteiger partial charge in [-0.05, 0) is 22.6 Å². The van der Waals surface area contributed by atoms with E-state index in [9.17, 15) is 13.6 Å². The molecule has 2 aromatic heterocycles. The first-order chi connectivity index (χ1) is 10.1. The number of rotatable bonds is 4. The van der Waals surface area contributed by atoms with E-state index in [1.165, 1.54) is 0 Å². The van der Waals surface area contributed by atoms with Crippen molar-refractivity contribution in [1.29, 1.82) is 0 Å². The Labute approximate surface area is 120 Å². The molecule has 0 fully saturated rings. The quantitative estimate of drug-likeness (QED) is 0.725. The Bertz CT molecular complexity index is 796. The standard InChI is InChI=1S/C11H8F2N6OS/c12-9(13)10-15-14-8(21-10)6-18-11(20)19(17-16-18)7-4-2-1-3-5-7/h1-5,9H,6H2. The van der Waals surface area contributed by atoms with Crippen molar-refractivity contribution in [2.24, 2.45) is 0 Å². The van der Waals surface area contributed by atoms with E-state index in [1.54, 1.807) is 24.3 Å². The zero-order valence-corrected chi connectivity index (χ0v) is 11.2. The van der Waals surface area contributed by atoms with Gasteiger partial charge in [-0.1, -0.05) is 29.5 Å². The number of benzene rings is 1. The van der Waals surface area contributed by atoms with Crippen molar-refractivity contribution in [3.63, 3.8) is 0 Å². The first kappa shape index (κ1) is 13.5. The molecule has 0 saturated heterocycles. The van der Waals surface area contributed by atoms with Crippen LogP contribution >= 0.6 is 11.3 Å². The van der Waals surface area contributed by atoms with Crippen LogP contribution in [0, 0.1) is 0 Å². The van der Waals surface area contributed by atoms with E-state index in [1.807, 2.05) is 6.07 Å². The molecule has 0 aliphatic carbocycles. The first-order valence-corrected chi connectivity index (χ1v) is 6.65. The number of hydrogen-bond donors (Lipinski definition) is 0. The molecule has 0 aliphatic heterocycles. The van der Waals surface area contributed by atoms with Gasteiger partial charge in [-0.25, -0.2) is 13.6 Å². The molecule has 0 spiro atoms. The van der Waals surface area contributed by atoms with E-state index in [0.29, 0.717) is 5.69 Å². The number of tetrazole rings is 1. The van der Waals surface area contributed by atoms with Crippen LogP contribution in [-0.4, -0.2) is 30.0 Å². The summed E-state index contributed by atoms with van der Waals surface area (Å²) >= 11 is 0.741. The van der Waals surface area contributed by atoms with E-state index in [4.69, 9.17) is 0 Å². The summed E-state index contributed by atoms with van der Waals surface area (Å²) in [7, 11) is 0. The monoisotopic (exact) mass is 310 g/mol. The second-order valence-corrected chi connectivity index (χ2v) is 5.09. The van der Waals surface area contributed by atoms with Crippen LogP contribution in [0.4, 0.5) is 8.78 Å². The maximum Gasteiger partial charge on any atom is 0.368 e. The van der Waals surface area contributed by atoms with Gasteiger partial charge in [0.15, 0.2) is 5.01 Å². The van der Waals surface area contributed by atoms with Crippen molar-refractivity contribution in [3.8, 4) is 5.69 Å². The van der Waals surface area contributed by atoms with Crippen molar-refractivity contribution in [1.82, 2.24) is 30.0 Å². The molecule has 0 saturated carbocycles. The molecule has 1 aromatic carbocycles. The number of halogens is 2. The molecule has 0 radical (unpaired) electrons. The van der Waals surface area contributed by atoms with Gasteiger partial charge in [0.25, 0.3) is 6.43 Å². The summed E-state index contributed by atoms with van der Waals surface area (Å²) in [4.78, 5) is 12.1. The summed E-state index contributed by atoms with van der Waals surface area (Å²) in [6.07, 6.45) is -2.67. The van der Waals surface area contributed by atoms with Crippen LogP contribution < -0.4 is 5.69 Å². The van der Waals surface area contributed by atoms with E-state index < -0.39 is 12.1 Å². The Balaban J connectivity index is 1.87. The molecule has 0 atom stereocenters. The summed E-state index contributed by atoms with van der Waals surface area (Å²) in [5, 5.41) is 14.3. The van der Waals surface area contributed by atoms with Gasteiger partial charge in [0.05, 0.1) is 5.69 Å². The molecule has 0 amide bonds. The van der Waals surface area contributed by atoms with Crippen LogP contribution in [0.3, 0.4) is 0 Å². The highest BCUT2D eigenvalue weighted by Crippen LogP contribution is 2.22. The van der Waals surface area contributed by atoms with E-state index in [0.717, 1.165) is 20.7 Å². The third-order valence-corrected chi connectivity index (χ3v) is 3.51. The fourth-order valence-electron chi connectivity index (χ4n) is 1.65. The van der Waals surface area contributed by atoms with Crippen LogP contribution in [0.1, 0.15) is 16.4 Å². The number of aromatic nitrogens is 6. The number of para-hydroxylation sites is 1. The molecule has 2 heterocycles. The van der Waals surface area contributed by atoms with Crippen molar-refractivity contribution in [2.75, 3.05) is 0 Å². The van der Waals surface area contributed by atoms with Crippen LogP contribution in [-0.2, 0) is 6.54 Å². The molecule has 7 nitrogen and oxygen atoms in total. The molecular formula is C11H8F2N6OS. The average Bonchev–Trinajstić information content (AvgIpc) is 3.09. The van der Waals surface area contributed by atoms with Crippen LogP contribution in [0.2, 0.25) is 0 Å². The van der Waals surface area contributed by atoms with E-state index in [2.05, 4.69) is 20.6 Å². The van der Waals surface area contributed by atoms with Crippen molar-refractivity contribution < 1.29 is 8.78 Å². The van der Waals surface area contributed by atoms with Gasteiger partial charge in [-0.3, -0.25) is 0 Å². The van der Waals surface area contributed by atoms with Crippen LogP contribution in [0.25, 0.3) is 5.69 Å². The highest BCUT2D eigenvalue weighted by molar-refractivity contribution is 7.11. The molecular weight excluding hydrogens is 302 g/mol. The minimum Gasteiger partial charge on any atom is -0.244 e. The molecule has 0 aliphatic rings. The van der Waals surface area contributed by atoms with Crippen molar-refractivity contribution in [3.05, 3.63) is 50.8 Å². The molecule has 3 rings (SSSR count). The summed E-state index contributed by atoms with van der Waals surface area (Å²) in [6.45, 7) is -0.0456. The van der Waals surface area contributed by atoms with Gasteiger partial charge in [0.1, 0.15) is 11.6 Å². The number of nitrogens with zero attached hydrogens (tertiary/aromatic N) is 6. The highest BCUT2D eigenvalue weighted by atomic mass is 32.1. The Morgan fingerprint density at radius 1 is 1.14 bits per heavy atom. The first-order valence-electron chi connectivity index (χ1n) is 5.84. The van der Waals surface area contributed by atoms with Crippen molar-refractivity contribution in [2.45, 2.75) is 13.0 Å². The largest absolute Gasteiger partial charge is 0.368 e. The smallest absolute Gasteiger partial charge is 0.244 e. The zero-order valence-electron chi connectivity index (χ0n) is 10.4. The molecule has 10 heteroatoms. The fourth-order valence-corrected chi connectivity index (χ4v) is 2.33. The normalized spacial score (nSPS) is 11.2. The Morgan fingerprint density at radius 2 is 1.90 bits per heavy atom. The third-order valence-electron chi connectivity index (χ3n) is 2.59. The lowest BCUT2D eigenvalue weighted by Gasteiger charge is -1.96. The third kappa shape index (κ3) is 2.70. The minimum atomic E-state index is -2.67. The van der Waals surface area contributed by atoms with Gasteiger partial charge in [0.2, 0.25) is 0 Å². The second kappa shape index (κ2) is 5.48. The molecule has 21 heavy (non-hydrogen) atoms. The Morgan fingerprint density at radius 3 is 2.57 bits per heavy atom. The molecule has 0 N–H and O–H groups in total. The fraction of sp³-hybridized carbons (Fsp3) is 0.182. The van der Waals surface area contributed by atoms with Gasteiger partial charge >= 0.3 is 5.69 Å². The average molecular weight is 310 g/mol. The summed E-state index contributed by atoms with van der Waals surface area (Å²) in [6, 6.07) is 8.76. The van der Waals surface area contributed by atoms with Gasteiger partial charge < -0.3 is 0 Å². The lowest BCUT2D eigenvalue weighted by Crippen LogP contribution is -2.24. The van der Waals surface area contributed by atoms with Gasteiger partial charge in [-0.15, -0.1) is 10.2 Å². The maximum absolute atomic E-state index is 12.4. The molecule has 108 valence electrons. The second-order valence-electron chi connectivity index (χ2n) is 4.00. The number of hydrogen-bond acceptors (Lipinski definition) is 6. The molecule has 3 aromatic rings. The predicted molar refractivity (Wildman–Crippen MR) is 69.6 cm³/mol.